The predicted octanol–water partition coefficient (Wildman–Crippen LogP) is 5.55. The summed E-state index contributed by atoms with van der Waals surface area (Å²) in [6, 6.07) is 8.51. The average molecular weight is 347 g/mol. The van der Waals surface area contributed by atoms with Crippen molar-refractivity contribution in [3.63, 3.8) is 0 Å². The molecule has 0 radical (unpaired) electrons. The Morgan fingerprint density at radius 2 is 1.89 bits per heavy atom. The van der Waals surface area contributed by atoms with Gasteiger partial charge in [-0.05, 0) is 42.8 Å². The smallest absolute Gasteiger partial charge is 0.146 e. The predicted molar refractivity (Wildman–Crippen MR) is 77.5 cm³/mol. The van der Waals surface area contributed by atoms with Crippen LogP contribution in [0.5, 0.6) is 0 Å². The lowest BCUT2D eigenvalue weighted by atomic mass is 10.1. The molecule has 1 atom stereocenters. The fourth-order valence-corrected chi connectivity index (χ4v) is 2.64. The fraction of sp³-hybridized carbons (Fsp3) is 0.143. The lowest BCUT2D eigenvalue weighted by Gasteiger charge is -2.18. The first-order chi connectivity index (χ1) is 8.97. The van der Waals surface area contributed by atoms with Gasteiger partial charge in [0, 0.05) is 15.5 Å². The third-order valence-electron chi connectivity index (χ3n) is 2.73. The summed E-state index contributed by atoms with van der Waals surface area (Å²) < 4.78 is 27.3. The number of nitrogens with one attached hydrogen (secondary N) is 1. The van der Waals surface area contributed by atoms with E-state index in [0.29, 0.717) is 15.2 Å². The molecule has 5 heteroatoms. The summed E-state index contributed by atoms with van der Waals surface area (Å²) in [5.74, 6) is -0.703. The molecule has 0 heterocycles. The summed E-state index contributed by atoms with van der Waals surface area (Å²) >= 11 is 9.13. The molecular weight excluding hydrogens is 336 g/mol. The van der Waals surface area contributed by atoms with Gasteiger partial charge >= 0.3 is 0 Å². The minimum absolute atomic E-state index is 0.192. The second kappa shape index (κ2) is 5.88. The van der Waals surface area contributed by atoms with Crippen LogP contribution in [-0.4, -0.2) is 0 Å². The van der Waals surface area contributed by atoms with Crippen LogP contribution in [0.25, 0.3) is 0 Å². The summed E-state index contributed by atoms with van der Waals surface area (Å²) in [5, 5.41) is 3.47. The Balaban J connectivity index is 2.25. The molecular formula is C14H11BrClF2N. The van der Waals surface area contributed by atoms with Crippen LogP contribution in [-0.2, 0) is 0 Å². The van der Waals surface area contributed by atoms with Crippen LogP contribution in [0.2, 0.25) is 5.02 Å². The summed E-state index contributed by atoms with van der Waals surface area (Å²) in [7, 11) is 0. The summed E-state index contributed by atoms with van der Waals surface area (Å²) in [6.07, 6.45) is 0. The van der Waals surface area contributed by atoms with Gasteiger partial charge in [-0.2, -0.15) is 0 Å². The molecule has 0 saturated heterocycles. The van der Waals surface area contributed by atoms with E-state index in [1.54, 1.807) is 6.07 Å². The lowest BCUT2D eigenvalue weighted by Crippen LogP contribution is -2.08. The highest BCUT2D eigenvalue weighted by atomic mass is 79.9. The molecule has 0 spiro atoms. The number of hydrogen-bond donors (Lipinski definition) is 1. The Kier molecular flexibility index (Phi) is 4.42. The van der Waals surface area contributed by atoms with Gasteiger partial charge in [-0.3, -0.25) is 0 Å². The zero-order chi connectivity index (χ0) is 14.0. The van der Waals surface area contributed by atoms with E-state index in [1.807, 2.05) is 6.92 Å². The Hall–Kier alpha value is -1.13. The van der Waals surface area contributed by atoms with E-state index in [-0.39, 0.29) is 17.7 Å². The van der Waals surface area contributed by atoms with Gasteiger partial charge in [-0.15, -0.1) is 0 Å². The van der Waals surface area contributed by atoms with Crippen molar-refractivity contribution >= 4 is 33.2 Å². The summed E-state index contributed by atoms with van der Waals surface area (Å²) in [5.41, 5.74) is 1.15. The summed E-state index contributed by atoms with van der Waals surface area (Å²) in [4.78, 5) is 0. The molecule has 0 aliphatic heterocycles. The van der Waals surface area contributed by atoms with Crippen LogP contribution in [0.15, 0.2) is 40.9 Å². The van der Waals surface area contributed by atoms with Crippen molar-refractivity contribution in [1.82, 2.24) is 0 Å². The Morgan fingerprint density at radius 1 is 1.16 bits per heavy atom. The van der Waals surface area contributed by atoms with Crippen LogP contribution >= 0.6 is 27.5 Å². The molecule has 0 aliphatic rings. The molecule has 0 saturated carbocycles. The maximum absolute atomic E-state index is 13.6. The third-order valence-corrected chi connectivity index (χ3v) is 3.65. The van der Waals surface area contributed by atoms with Crippen LogP contribution in [0, 0.1) is 11.6 Å². The zero-order valence-corrected chi connectivity index (χ0v) is 12.4. The highest BCUT2D eigenvalue weighted by Gasteiger charge is 2.12. The van der Waals surface area contributed by atoms with Crippen LogP contribution < -0.4 is 5.32 Å². The van der Waals surface area contributed by atoms with Crippen molar-refractivity contribution in [2.45, 2.75) is 13.0 Å². The molecule has 1 N–H and O–H groups in total. The number of anilines is 1. The van der Waals surface area contributed by atoms with E-state index in [1.165, 1.54) is 30.3 Å². The first kappa shape index (κ1) is 14.3. The minimum Gasteiger partial charge on any atom is -0.376 e. The van der Waals surface area contributed by atoms with E-state index in [0.717, 1.165) is 5.56 Å². The SMILES string of the molecule is CC(Nc1cc(Cl)ccc1F)c1ccc(F)cc1Br. The first-order valence-electron chi connectivity index (χ1n) is 5.64. The van der Waals surface area contributed by atoms with E-state index < -0.39 is 0 Å². The maximum Gasteiger partial charge on any atom is 0.146 e. The second-order valence-corrected chi connectivity index (χ2v) is 5.45. The molecule has 0 bridgehead atoms. The van der Waals surface area contributed by atoms with Crippen LogP contribution in [0.4, 0.5) is 14.5 Å². The van der Waals surface area contributed by atoms with Gasteiger partial charge in [0.2, 0.25) is 0 Å². The van der Waals surface area contributed by atoms with E-state index in [9.17, 15) is 8.78 Å². The average Bonchev–Trinajstić information content (AvgIpc) is 2.33. The lowest BCUT2D eigenvalue weighted by molar-refractivity contribution is 0.622. The normalized spacial score (nSPS) is 12.3. The molecule has 1 unspecified atom stereocenters. The van der Waals surface area contributed by atoms with E-state index in [4.69, 9.17) is 11.6 Å². The summed E-state index contributed by atoms with van der Waals surface area (Å²) in [6.45, 7) is 1.86. The molecule has 1 nitrogen and oxygen atoms in total. The maximum atomic E-state index is 13.6. The van der Waals surface area contributed by atoms with Crippen molar-refractivity contribution in [2.24, 2.45) is 0 Å². The zero-order valence-electron chi connectivity index (χ0n) is 10.1. The van der Waals surface area contributed by atoms with Gasteiger partial charge < -0.3 is 5.32 Å². The van der Waals surface area contributed by atoms with Crippen molar-refractivity contribution in [2.75, 3.05) is 5.32 Å². The van der Waals surface area contributed by atoms with Gasteiger partial charge in [0.25, 0.3) is 0 Å². The third kappa shape index (κ3) is 3.45. The molecule has 0 aromatic heterocycles. The Labute approximate surface area is 123 Å². The van der Waals surface area contributed by atoms with Crippen molar-refractivity contribution in [3.8, 4) is 0 Å². The van der Waals surface area contributed by atoms with Crippen molar-refractivity contribution < 1.29 is 8.78 Å². The number of hydrogen-bond acceptors (Lipinski definition) is 1. The number of halogens is 4. The van der Waals surface area contributed by atoms with Gasteiger partial charge in [0.05, 0.1) is 5.69 Å². The van der Waals surface area contributed by atoms with Gasteiger partial charge in [0.15, 0.2) is 0 Å². The monoisotopic (exact) mass is 345 g/mol. The molecule has 2 rings (SSSR count). The number of rotatable bonds is 3. The first-order valence-corrected chi connectivity index (χ1v) is 6.81. The molecule has 2 aromatic rings. The highest BCUT2D eigenvalue weighted by Crippen LogP contribution is 2.29. The topological polar surface area (TPSA) is 12.0 Å². The largest absolute Gasteiger partial charge is 0.376 e. The van der Waals surface area contributed by atoms with Gasteiger partial charge in [0.1, 0.15) is 11.6 Å². The van der Waals surface area contributed by atoms with Crippen molar-refractivity contribution in [3.05, 3.63) is 63.1 Å². The highest BCUT2D eigenvalue weighted by molar-refractivity contribution is 9.10. The Bertz CT molecular complexity index is 604. The molecule has 100 valence electrons. The molecule has 19 heavy (non-hydrogen) atoms. The molecule has 0 aliphatic carbocycles. The van der Waals surface area contributed by atoms with Crippen molar-refractivity contribution in [1.29, 1.82) is 0 Å². The molecule has 2 aromatic carbocycles. The second-order valence-electron chi connectivity index (χ2n) is 4.16. The number of benzene rings is 2. The van der Waals surface area contributed by atoms with Crippen LogP contribution in [0.1, 0.15) is 18.5 Å². The van der Waals surface area contributed by atoms with Gasteiger partial charge in [-0.25, -0.2) is 8.78 Å². The minimum atomic E-state index is -0.380. The van der Waals surface area contributed by atoms with E-state index >= 15 is 0 Å². The molecule has 0 fully saturated rings. The standard InChI is InChI=1S/C14H11BrClF2N/c1-8(11-4-3-10(17)7-12(11)15)19-14-6-9(16)2-5-13(14)18/h2-8,19H,1H3. The fourth-order valence-electron chi connectivity index (χ4n) is 1.77. The van der Waals surface area contributed by atoms with Crippen LogP contribution in [0.3, 0.4) is 0 Å². The van der Waals surface area contributed by atoms with E-state index in [2.05, 4.69) is 21.2 Å². The molecule has 0 amide bonds. The quantitative estimate of drug-likeness (QED) is 0.768. The van der Waals surface area contributed by atoms with Gasteiger partial charge in [-0.1, -0.05) is 33.6 Å². The Morgan fingerprint density at radius 3 is 2.58 bits per heavy atom.